The van der Waals surface area contributed by atoms with E-state index < -0.39 is 11.8 Å². The van der Waals surface area contributed by atoms with Gasteiger partial charge in [0.1, 0.15) is 5.75 Å². The minimum Gasteiger partial charge on any atom is -0.494 e. The number of nitrogens with one attached hydrogen (secondary N) is 2. The molecule has 1 aromatic heterocycles. The Bertz CT molecular complexity index is 740. The van der Waals surface area contributed by atoms with Crippen LogP contribution in [0.2, 0.25) is 0 Å². The molecule has 1 atom stereocenters. The molecule has 1 aliphatic heterocycles. The monoisotopic (exact) mass is 387 g/mol. The number of hydrogen-bond donors (Lipinski definition) is 2. The average Bonchev–Trinajstić information content (AvgIpc) is 3.38. The van der Waals surface area contributed by atoms with E-state index in [-0.39, 0.29) is 6.04 Å². The van der Waals surface area contributed by atoms with Gasteiger partial charge in [0.05, 0.1) is 12.6 Å². The van der Waals surface area contributed by atoms with Crippen molar-refractivity contribution in [2.75, 3.05) is 31.6 Å². The lowest BCUT2D eigenvalue weighted by Gasteiger charge is -2.27. The molecule has 2 aromatic rings. The molecule has 6 nitrogen and oxygen atoms in total. The van der Waals surface area contributed by atoms with Crippen LogP contribution in [-0.4, -0.2) is 43.0 Å². The molecule has 2 heterocycles. The first kappa shape index (κ1) is 19.4. The Morgan fingerprint density at radius 1 is 1.15 bits per heavy atom. The number of carbonyl (C=O) groups is 2. The molecule has 0 saturated carbocycles. The highest BCUT2D eigenvalue weighted by Crippen LogP contribution is 2.26. The SMILES string of the molecule is CCOc1ccc(NC(=O)C(=O)NCC(c2ccsc2)N2CCCC2)cc1. The van der Waals surface area contributed by atoms with Crippen LogP contribution >= 0.6 is 11.3 Å². The molecule has 1 fully saturated rings. The van der Waals surface area contributed by atoms with Crippen LogP contribution in [0.4, 0.5) is 5.69 Å². The second-order valence-corrected chi connectivity index (χ2v) is 7.22. The normalized spacial score (nSPS) is 15.3. The Labute approximate surface area is 163 Å². The number of benzene rings is 1. The molecule has 144 valence electrons. The zero-order chi connectivity index (χ0) is 19.1. The molecular formula is C20H25N3O3S. The summed E-state index contributed by atoms with van der Waals surface area (Å²) in [4.78, 5) is 26.8. The second kappa shape index (κ2) is 9.53. The highest BCUT2D eigenvalue weighted by Gasteiger charge is 2.25. The van der Waals surface area contributed by atoms with E-state index in [0.717, 1.165) is 18.8 Å². The molecule has 0 radical (unpaired) electrons. The fourth-order valence-electron chi connectivity index (χ4n) is 3.23. The number of thiophene rings is 1. The van der Waals surface area contributed by atoms with Crippen molar-refractivity contribution in [3.63, 3.8) is 0 Å². The average molecular weight is 388 g/mol. The summed E-state index contributed by atoms with van der Waals surface area (Å²) in [6.07, 6.45) is 2.35. The van der Waals surface area contributed by atoms with Crippen molar-refractivity contribution in [2.45, 2.75) is 25.8 Å². The number of anilines is 1. The van der Waals surface area contributed by atoms with E-state index in [1.54, 1.807) is 35.6 Å². The summed E-state index contributed by atoms with van der Waals surface area (Å²) in [5.74, 6) is -0.558. The largest absolute Gasteiger partial charge is 0.494 e. The van der Waals surface area contributed by atoms with Crippen LogP contribution in [0.5, 0.6) is 5.75 Å². The maximum absolute atomic E-state index is 12.2. The predicted octanol–water partition coefficient (Wildman–Crippen LogP) is 3.04. The minimum atomic E-state index is -0.662. The van der Waals surface area contributed by atoms with E-state index in [1.807, 2.05) is 12.3 Å². The van der Waals surface area contributed by atoms with Gasteiger partial charge >= 0.3 is 11.8 Å². The van der Waals surface area contributed by atoms with Crippen molar-refractivity contribution >= 4 is 28.8 Å². The molecule has 7 heteroatoms. The topological polar surface area (TPSA) is 70.7 Å². The molecule has 2 N–H and O–H groups in total. The summed E-state index contributed by atoms with van der Waals surface area (Å²) in [7, 11) is 0. The van der Waals surface area contributed by atoms with Gasteiger partial charge in [-0.2, -0.15) is 11.3 Å². The lowest BCUT2D eigenvalue weighted by atomic mass is 10.1. The van der Waals surface area contributed by atoms with Gasteiger partial charge in [-0.15, -0.1) is 0 Å². The van der Waals surface area contributed by atoms with Crippen molar-refractivity contribution in [1.29, 1.82) is 0 Å². The van der Waals surface area contributed by atoms with Crippen LogP contribution < -0.4 is 15.4 Å². The van der Waals surface area contributed by atoms with Crippen LogP contribution in [-0.2, 0) is 9.59 Å². The molecule has 1 aromatic carbocycles. The van der Waals surface area contributed by atoms with E-state index in [0.29, 0.717) is 18.8 Å². The van der Waals surface area contributed by atoms with E-state index in [9.17, 15) is 9.59 Å². The van der Waals surface area contributed by atoms with Gasteiger partial charge in [-0.25, -0.2) is 0 Å². The maximum atomic E-state index is 12.2. The molecule has 1 aliphatic rings. The summed E-state index contributed by atoms with van der Waals surface area (Å²) in [6.45, 7) is 4.96. The summed E-state index contributed by atoms with van der Waals surface area (Å²) in [6, 6.07) is 9.15. The fraction of sp³-hybridized carbons (Fsp3) is 0.400. The lowest BCUT2D eigenvalue weighted by molar-refractivity contribution is -0.136. The van der Waals surface area contributed by atoms with Gasteiger partial charge in [0.2, 0.25) is 0 Å². The van der Waals surface area contributed by atoms with Crippen LogP contribution in [0.3, 0.4) is 0 Å². The summed E-state index contributed by atoms with van der Waals surface area (Å²) < 4.78 is 5.37. The summed E-state index contributed by atoms with van der Waals surface area (Å²) >= 11 is 1.64. The van der Waals surface area contributed by atoms with E-state index in [1.165, 1.54) is 18.4 Å². The van der Waals surface area contributed by atoms with Crippen molar-refractivity contribution in [3.05, 3.63) is 46.7 Å². The molecule has 3 rings (SSSR count). The number of likely N-dealkylation sites (tertiary alicyclic amines) is 1. The van der Waals surface area contributed by atoms with E-state index in [4.69, 9.17) is 4.74 Å². The fourth-order valence-corrected chi connectivity index (χ4v) is 3.94. The highest BCUT2D eigenvalue weighted by atomic mass is 32.1. The molecule has 2 amide bonds. The third-order valence-corrected chi connectivity index (χ3v) is 5.30. The van der Waals surface area contributed by atoms with Crippen molar-refractivity contribution < 1.29 is 14.3 Å². The van der Waals surface area contributed by atoms with Crippen LogP contribution in [0.15, 0.2) is 41.1 Å². The third kappa shape index (κ3) is 5.30. The molecule has 0 spiro atoms. The zero-order valence-corrected chi connectivity index (χ0v) is 16.3. The lowest BCUT2D eigenvalue weighted by Crippen LogP contribution is -2.41. The first-order chi connectivity index (χ1) is 13.2. The van der Waals surface area contributed by atoms with Gasteiger partial charge in [-0.3, -0.25) is 14.5 Å². The van der Waals surface area contributed by atoms with Gasteiger partial charge in [-0.1, -0.05) is 0 Å². The van der Waals surface area contributed by atoms with Crippen molar-refractivity contribution in [2.24, 2.45) is 0 Å². The van der Waals surface area contributed by atoms with Crippen LogP contribution in [0.25, 0.3) is 0 Å². The molecule has 1 saturated heterocycles. The standard InChI is InChI=1S/C20H25N3O3S/c1-2-26-17-7-5-16(6-8-17)22-20(25)19(24)21-13-18(15-9-12-27-14-15)23-10-3-4-11-23/h5-9,12,14,18H,2-4,10-11,13H2,1H3,(H,21,24)(H,22,25). The van der Waals surface area contributed by atoms with Gasteiger partial charge < -0.3 is 15.4 Å². The van der Waals surface area contributed by atoms with Gasteiger partial charge in [0.15, 0.2) is 0 Å². The van der Waals surface area contributed by atoms with Crippen molar-refractivity contribution in [1.82, 2.24) is 10.2 Å². The Hall–Kier alpha value is -2.38. The third-order valence-electron chi connectivity index (χ3n) is 4.59. The molecule has 1 unspecified atom stereocenters. The van der Waals surface area contributed by atoms with Crippen LogP contribution in [0.1, 0.15) is 31.4 Å². The van der Waals surface area contributed by atoms with Crippen molar-refractivity contribution in [3.8, 4) is 5.75 Å². The molecule has 27 heavy (non-hydrogen) atoms. The summed E-state index contributed by atoms with van der Waals surface area (Å²) in [5.41, 5.74) is 1.75. The first-order valence-electron chi connectivity index (χ1n) is 9.25. The quantitative estimate of drug-likeness (QED) is 0.717. The van der Waals surface area contributed by atoms with E-state index in [2.05, 4.69) is 27.0 Å². The van der Waals surface area contributed by atoms with Crippen LogP contribution in [0, 0.1) is 0 Å². The number of ether oxygens (including phenoxy) is 1. The second-order valence-electron chi connectivity index (χ2n) is 6.44. The maximum Gasteiger partial charge on any atom is 0.313 e. The highest BCUT2D eigenvalue weighted by molar-refractivity contribution is 7.08. The Kier molecular flexibility index (Phi) is 6.84. The Balaban J connectivity index is 1.54. The zero-order valence-electron chi connectivity index (χ0n) is 15.4. The minimum absolute atomic E-state index is 0.112. The first-order valence-corrected chi connectivity index (χ1v) is 10.2. The smallest absolute Gasteiger partial charge is 0.313 e. The Morgan fingerprint density at radius 3 is 2.52 bits per heavy atom. The number of amides is 2. The van der Waals surface area contributed by atoms with E-state index >= 15 is 0 Å². The number of nitrogens with zero attached hydrogens (tertiary/aromatic N) is 1. The van der Waals surface area contributed by atoms with Gasteiger partial charge in [0.25, 0.3) is 0 Å². The van der Waals surface area contributed by atoms with Gasteiger partial charge in [0, 0.05) is 12.2 Å². The predicted molar refractivity (Wildman–Crippen MR) is 107 cm³/mol. The Morgan fingerprint density at radius 2 is 1.89 bits per heavy atom. The number of carbonyl (C=O) groups excluding carboxylic acids is 2. The number of hydrogen-bond acceptors (Lipinski definition) is 5. The molecule has 0 bridgehead atoms. The number of rotatable bonds is 7. The molecular weight excluding hydrogens is 362 g/mol. The molecule has 0 aliphatic carbocycles. The summed E-state index contributed by atoms with van der Waals surface area (Å²) in [5, 5.41) is 9.55. The van der Waals surface area contributed by atoms with Gasteiger partial charge in [-0.05, 0) is 79.5 Å².